The van der Waals surface area contributed by atoms with Crippen LogP contribution >= 0.6 is 0 Å². The molecular formula is C8H16NO7+. The number of nitrogens with zero attached hydrogens (tertiary/aromatic N) is 1. The zero-order chi connectivity index (χ0) is 13.0. The van der Waals surface area contributed by atoms with E-state index in [4.69, 9.17) is 10.2 Å². The van der Waals surface area contributed by atoms with E-state index in [9.17, 15) is 25.0 Å². The SMILES string of the molecule is CC(C(O)C(O)C(O)C(O)C(=O)O)[N+](C)=O. The van der Waals surface area contributed by atoms with Gasteiger partial charge in [-0.1, -0.05) is 0 Å². The molecule has 0 heterocycles. The summed E-state index contributed by atoms with van der Waals surface area (Å²) in [4.78, 5) is 21.1. The van der Waals surface area contributed by atoms with Gasteiger partial charge < -0.3 is 25.5 Å². The maximum Gasteiger partial charge on any atom is 0.335 e. The van der Waals surface area contributed by atoms with Crippen LogP contribution in [-0.2, 0) is 4.79 Å². The summed E-state index contributed by atoms with van der Waals surface area (Å²) in [5.41, 5.74) is 0. The minimum Gasteiger partial charge on any atom is -0.479 e. The third kappa shape index (κ3) is 3.49. The molecule has 0 rings (SSSR count). The number of rotatable bonds is 6. The molecule has 0 amide bonds. The fourth-order valence-electron chi connectivity index (χ4n) is 1.04. The second-order valence-electron chi connectivity index (χ2n) is 3.54. The van der Waals surface area contributed by atoms with Crippen molar-refractivity contribution in [2.75, 3.05) is 7.05 Å². The van der Waals surface area contributed by atoms with Gasteiger partial charge in [0.25, 0.3) is 0 Å². The Labute approximate surface area is 91.3 Å². The molecule has 0 aromatic rings. The largest absolute Gasteiger partial charge is 0.479 e. The lowest BCUT2D eigenvalue weighted by Crippen LogP contribution is -2.52. The summed E-state index contributed by atoms with van der Waals surface area (Å²) in [7, 11) is 1.10. The number of aliphatic hydroxyl groups excluding tert-OH is 4. The summed E-state index contributed by atoms with van der Waals surface area (Å²) in [5.74, 6) is -1.73. The minimum atomic E-state index is -2.23. The third-order valence-electron chi connectivity index (χ3n) is 2.34. The molecule has 0 saturated heterocycles. The van der Waals surface area contributed by atoms with Gasteiger partial charge in [-0.2, -0.15) is 0 Å². The highest BCUT2D eigenvalue weighted by molar-refractivity contribution is 5.72. The first-order valence-corrected chi connectivity index (χ1v) is 4.55. The van der Waals surface area contributed by atoms with E-state index in [1.807, 2.05) is 0 Å². The lowest BCUT2D eigenvalue weighted by atomic mass is 9.98. The van der Waals surface area contributed by atoms with Crippen LogP contribution in [-0.4, -0.2) is 73.8 Å². The lowest BCUT2D eigenvalue weighted by molar-refractivity contribution is -0.567. The van der Waals surface area contributed by atoms with Crippen molar-refractivity contribution in [2.24, 2.45) is 0 Å². The molecule has 8 heteroatoms. The molecule has 5 N–H and O–H groups in total. The molecule has 5 atom stereocenters. The van der Waals surface area contributed by atoms with E-state index in [1.54, 1.807) is 0 Å². The Hall–Kier alpha value is -1.09. The van der Waals surface area contributed by atoms with E-state index in [-0.39, 0.29) is 0 Å². The fourth-order valence-corrected chi connectivity index (χ4v) is 1.04. The molecule has 0 bridgehead atoms. The van der Waals surface area contributed by atoms with Gasteiger partial charge in [0.15, 0.2) is 13.2 Å². The van der Waals surface area contributed by atoms with E-state index >= 15 is 0 Å². The molecule has 0 radical (unpaired) electrons. The third-order valence-corrected chi connectivity index (χ3v) is 2.34. The van der Waals surface area contributed by atoms with Gasteiger partial charge in [-0.15, -0.1) is 0 Å². The summed E-state index contributed by atoms with van der Waals surface area (Å²) < 4.78 is 0.341. The number of aliphatic carboxylic acids is 1. The van der Waals surface area contributed by atoms with Gasteiger partial charge in [-0.3, -0.25) is 0 Å². The number of carboxylic acid groups (broad SMARTS) is 1. The highest BCUT2D eigenvalue weighted by atomic mass is 16.4. The van der Waals surface area contributed by atoms with Crippen LogP contribution in [0.1, 0.15) is 6.92 Å². The van der Waals surface area contributed by atoms with Crippen molar-refractivity contribution < 1.29 is 35.1 Å². The van der Waals surface area contributed by atoms with Gasteiger partial charge in [0.05, 0.1) is 0 Å². The van der Waals surface area contributed by atoms with Crippen LogP contribution in [0.5, 0.6) is 0 Å². The van der Waals surface area contributed by atoms with Gasteiger partial charge in [0, 0.05) is 16.6 Å². The molecule has 0 spiro atoms. The fraction of sp³-hybridized carbons (Fsp3) is 0.875. The van der Waals surface area contributed by atoms with Crippen molar-refractivity contribution in [2.45, 2.75) is 37.4 Å². The van der Waals surface area contributed by atoms with E-state index in [0.717, 1.165) is 7.05 Å². The molecule has 0 aromatic carbocycles. The Kier molecular flexibility index (Phi) is 5.45. The molecule has 16 heavy (non-hydrogen) atoms. The lowest BCUT2D eigenvalue weighted by Gasteiger charge is -2.24. The number of carbonyl (C=O) groups is 1. The van der Waals surface area contributed by atoms with E-state index in [1.165, 1.54) is 6.92 Å². The summed E-state index contributed by atoms with van der Waals surface area (Å²) in [5, 5.41) is 45.2. The van der Waals surface area contributed by atoms with Crippen LogP contribution in [0.25, 0.3) is 0 Å². The minimum absolute atomic E-state index is 0.341. The average Bonchev–Trinajstić information content (AvgIpc) is 2.23. The molecule has 0 aliphatic heterocycles. The van der Waals surface area contributed by atoms with Gasteiger partial charge in [-0.25, -0.2) is 4.79 Å². The smallest absolute Gasteiger partial charge is 0.335 e. The van der Waals surface area contributed by atoms with Crippen LogP contribution in [0.2, 0.25) is 0 Å². The van der Waals surface area contributed by atoms with Gasteiger partial charge in [0.2, 0.25) is 6.04 Å². The van der Waals surface area contributed by atoms with Crippen molar-refractivity contribution in [3.63, 3.8) is 0 Å². The van der Waals surface area contributed by atoms with Crippen molar-refractivity contribution >= 4 is 5.97 Å². The Bertz CT molecular complexity index is 243. The first-order chi connectivity index (χ1) is 7.20. The molecule has 5 unspecified atom stereocenters. The monoisotopic (exact) mass is 238 g/mol. The molecule has 0 aromatic heterocycles. The number of hydrogen-bond donors (Lipinski definition) is 5. The maximum absolute atomic E-state index is 10.8. The molecular weight excluding hydrogens is 222 g/mol. The van der Waals surface area contributed by atoms with Crippen molar-refractivity contribution in [3.8, 4) is 0 Å². The second-order valence-corrected chi connectivity index (χ2v) is 3.54. The summed E-state index contributed by atoms with van der Waals surface area (Å²) in [6.45, 7) is 1.28. The first kappa shape index (κ1) is 14.9. The van der Waals surface area contributed by atoms with Crippen LogP contribution in [0, 0.1) is 4.91 Å². The molecule has 0 aliphatic rings. The quantitative estimate of drug-likeness (QED) is 0.317. The second kappa shape index (κ2) is 5.85. The number of nitroso groups, excluding NO2 is 1. The number of carboxylic acids is 1. The number of aliphatic hydroxyl groups is 4. The van der Waals surface area contributed by atoms with Crippen molar-refractivity contribution in [1.82, 2.24) is 0 Å². The van der Waals surface area contributed by atoms with Crippen LogP contribution in [0.4, 0.5) is 0 Å². The predicted octanol–water partition coefficient (Wildman–Crippen LogP) is -2.69. The van der Waals surface area contributed by atoms with Gasteiger partial charge in [-0.05, 0) is 0 Å². The Morgan fingerprint density at radius 1 is 1.06 bits per heavy atom. The zero-order valence-corrected chi connectivity index (χ0v) is 8.89. The number of hydrogen-bond acceptors (Lipinski definition) is 6. The highest BCUT2D eigenvalue weighted by Crippen LogP contribution is 2.10. The molecule has 8 nitrogen and oxygen atoms in total. The molecule has 0 aliphatic carbocycles. The van der Waals surface area contributed by atoms with E-state index in [0.29, 0.717) is 4.76 Å². The Morgan fingerprint density at radius 2 is 1.50 bits per heavy atom. The standard InChI is InChI=1S/C8H15NO7/c1-3(9(2)16)4(10)5(11)6(12)7(13)8(14)15/h3-7,10-13H,1-2H3/p+1. The molecule has 0 fully saturated rings. The van der Waals surface area contributed by atoms with Crippen LogP contribution < -0.4 is 0 Å². The zero-order valence-electron chi connectivity index (χ0n) is 8.89. The van der Waals surface area contributed by atoms with Gasteiger partial charge in [0.1, 0.15) is 18.3 Å². The topological polar surface area (TPSA) is 138 Å². The highest BCUT2D eigenvalue weighted by Gasteiger charge is 2.40. The number of likely N-dealkylation sites (N-methyl/N-ethyl adjacent to an activating group) is 1. The summed E-state index contributed by atoms with van der Waals surface area (Å²) in [6.07, 6.45) is -7.91. The van der Waals surface area contributed by atoms with Crippen LogP contribution in [0.3, 0.4) is 0 Å². The predicted molar refractivity (Wildman–Crippen MR) is 50.7 cm³/mol. The Morgan fingerprint density at radius 3 is 1.81 bits per heavy atom. The van der Waals surface area contributed by atoms with E-state index < -0.39 is 36.4 Å². The maximum atomic E-state index is 10.8. The van der Waals surface area contributed by atoms with Gasteiger partial charge >= 0.3 is 5.97 Å². The Balaban J connectivity index is 4.60. The van der Waals surface area contributed by atoms with Crippen molar-refractivity contribution in [3.05, 3.63) is 4.91 Å². The normalized spacial score (nSPS) is 20.6. The molecule has 0 saturated carbocycles. The summed E-state index contributed by atoms with van der Waals surface area (Å²) >= 11 is 0. The average molecular weight is 238 g/mol. The van der Waals surface area contributed by atoms with Crippen molar-refractivity contribution in [1.29, 1.82) is 0 Å². The summed E-state index contributed by atoms with van der Waals surface area (Å²) in [6, 6.07) is -1.05. The first-order valence-electron chi connectivity index (χ1n) is 4.55. The van der Waals surface area contributed by atoms with Crippen LogP contribution in [0.15, 0.2) is 0 Å². The molecule has 94 valence electrons. The van der Waals surface area contributed by atoms with E-state index in [2.05, 4.69) is 0 Å².